The van der Waals surface area contributed by atoms with Crippen molar-refractivity contribution in [3.05, 3.63) is 103 Å². The monoisotopic (exact) mass is 1010 g/mol. The number of ketones is 1. The molecule has 1 atom stereocenters. The SMILES string of the molecule is C=CC(=O)OCCOCC(COCCOC(=O)C=C)(COCCOC(=O)C=C)COCCOC(=O)CCN1CCN(C(=O)c2ccc(CC(CC)(C(=O)c3ccc(N4CCOCC4)cc3)N(C)C)cc2)CC1. The Morgan fingerprint density at radius 3 is 1.51 bits per heavy atom. The van der Waals surface area contributed by atoms with Crippen LogP contribution in [0.15, 0.2) is 86.5 Å². The lowest BCUT2D eigenvalue weighted by atomic mass is 9.80. The van der Waals surface area contributed by atoms with Gasteiger partial charge in [0.15, 0.2) is 5.78 Å². The summed E-state index contributed by atoms with van der Waals surface area (Å²) in [5, 5.41) is 0. The molecule has 0 spiro atoms. The van der Waals surface area contributed by atoms with Crippen molar-refractivity contribution in [2.24, 2.45) is 5.41 Å². The molecule has 2 saturated heterocycles. The Bertz CT molecular complexity index is 1980. The van der Waals surface area contributed by atoms with Gasteiger partial charge in [-0.3, -0.25) is 24.2 Å². The van der Waals surface area contributed by atoms with Crippen LogP contribution in [0.2, 0.25) is 0 Å². The van der Waals surface area contributed by atoms with Gasteiger partial charge >= 0.3 is 23.9 Å². The summed E-state index contributed by atoms with van der Waals surface area (Å²) in [6.45, 7) is 18.0. The summed E-state index contributed by atoms with van der Waals surface area (Å²) >= 11 is 0. The highest BCUT2D eigenvalue weighted by atomic mass is 16.6. The number of morpholine rings is 1. The van der Waals surface area contributed by atoms with Crippen molar-refractivity contribution in [2.75, 3.05) is 157 Å². The van der Waals surface area contributed by atoms with Gasteiger partial charge in [0.05, 0.1) is 83.4 Å². The van der Waals surface area contributed by atoms with Gasteiger partial charge in [0.25, 0.3) is 5.91 Å². The number of hydrogen-bond donors (Lipinski definition) is 0. The maximum atomic E-state index is 14.2. The molecule has 0 N–H and O–H groups in total. The predicted molar refractivity (Wildman–Crippen MR) is 268 cm³/mol. The van der Waals surface area contributed by atoms with Gasteiger partial charge in [0, 0.05) is 80.9 Å². The summed E-state index contributed by atoms with van der Waals surface area (Å²) in [7, 11) is 3.88. The molecule has 2 aromatic rings. The van der Waals surface area contributed by atoms with Crippen LogP contribution in [0, 0.1) is 5.41 Å². The molecule has 2 fully saturated rings. The number of carbonyl (C=O) groups is 6. The second-order valence-electron chi connectivity index (χ2n) is 17.6. The van der Waals surface area contributed by atoms with Crippen LogP contribution in [0.3, 0.4) is 0 Å². The van der Waals surface area contributed by atoms with Crippen molar-refractivity contribution in [1.29, 1.82) is 0 Å². The first kappa shape index (κ1) is 58.8. The standard InChI is InChI=1S/C53H74N4O15/c1-7-46(58)69-33-29-65-38-52(39-66-30-34-70-47(59)8-2,40-67-31-35-71-48(60)9-3)41-68-32-36-72-49(61)19-20-55-21-23-57(24-22-55)51(63)44-13-11-42(12-14-44)37-53(10-4,54(5)6)50(62)43-15-17-45(18-16-43)56-25-27-64-28-26-56/h7-9,11-18H,1-3,10,19-41H2,4-6H3. The first-order chi connectivity index (χ1) is 34.8. The van der Waals surface area contributed by atoms with Crippen molar-refractivity contribution in [3.63, 3.8) is 0 Å². The van der Waals surface area contributed by atoms with Gasteiger partial charge in [-0.25, -0.2) is 14.4 Å². The summed E-state index contributed by atoms with van der Waals surface area (Å²) in [6, 6.07) is 15.4. The van der Waals surface area contributed by atoms with Gasteiger partial charge in [-0.1, -0.05) is 38.8 Å². The normalized spacial score (nSPS) is 15.0. The fraction of sp³-hybridized carbons (Fsp3) is 0.547. The highest BCUT2D eigenvalue weighted by Crippen LogP contribution is 2.29. The van der Waals surface area contributed by atoms with Crippen molar-refractivity contribution < 1.29 is 71.4 Å². The van der Waals surface area contributed by atoms with Gasteiger partial charge in [-0.05, 0) is 68.9 Å². The van der Waals surface area contributed by atoms with E-state index >= 15 is 0 Å². The number of nitrogens with zero attached hydrogens (tertiary/aromatic N) is 4. The summed E-state index contributed by atoms with van der Waals surface area (Å²) in [5.41, 5.74) is 1.56. The van der Waals surface area contributed by atoms with E-state index in [0.717, 1.165) is 42.6 Å². The second kappa shape index (κ2) is 31.6. The van der Waals surface area contributed by atoms with Gasteiger partial charge in [-0.15, -0.1) is 0 Å². The molecule has 396 valence electrons. The van der Waals surface area contributed by atoms with E-state index in [2.05, 4.69) is 29.5 Å². The number of piperazine rings is 1. The minimum Gasteiger partial charge on any atom is -0.463 e. The van der Waals surface area contributed by atoms with E-state index in [1.807, 2.05) is 79.3 Å². The average Bonchev–Trinajstić information content (AvgIpc) is 3.41. The molecule has 2 aromatic carbocycles. The smallest absolute Gasteiger partial charge is 0.330 e. The van der Waals surface area contributed by atoms with Crippen LogP contribution in [0.25, 0.3) is 0 Å². The Hall–Kier alpha value is -5.80. The molecule has 0 aliphatic carbocycles. The lowest BCUT2D eigenvalue weighted by molar-refractivity contribution is -0.149. The van der Waals surface area contributed by atoms with Gasteiger partial charge in [-0.2, -0.15) is 0 Å². The van der Waals surface area contributed by atoms with E-state index in [-0.39, 0.29) is 97.4 Å². The van der Waals surface area contributed by atoms with E-state index in [1.165, 1.54) is 0 Å². The molecule has 72 heavy (non-hydrogen) atoms. The molecular weight excluding hydrogens is 933 g/mol. The molecule has 1 amide bonds. The molecule has 2 aliphatic rings. The average molecular weight is 1010 g/mol. The van der Waals surface area contributed by atoms with Crippen LogP contribution in [-0.2, 0) is 68.2 Å². The third-order valence-electron chi connectivity index (χ3n) is 12.4. The Morgan fingerprint density at radius 1 is 0.611 bits per heavy atom. The van der Waals surface area contributed by atoms with Crippen LogP contribution in [0.4, 0.5) is 5.69 Å². The molecule has 19 nitrogen and oxygen atoms in total. The lowest BCUT2D eigenvalue weighted by Gasteiger charge is -2.38. The van der Waals surface area contributed by atoms with Crippen LogP contribution in [0.5, 0.6) is 0 Å². The fourth-order valence-electron chi connectivity index (χ4n) is 8.14. The maximum absolute atomic E-state index is 14.2. The number of esters is 4. The number of carbonyl (C=O) groups excluding carboxylic acids is 6. The van der Waals surface area contributed by atoms with E-state index in [9.17, 15) is 28.8 Å². The molecule has 0 aromatic heterocycles. The van der Waals surface area contributed by atoms with Crippen LogP contribution in [0.1, 0.15) is 46.0 Å². The van der Waals surface area contributed by atoms with Crippen LogP contribution >= 0.6 is 0 Å². The third-order valence-corrected chi connectivity index (χ3v) is 12.4. The number of hydrogen-bond acceptors (Lipinski definition) is 18. The zero-order valence-corrected chi connectivity index (χ0v) is 42.4. The molecule has 4 rings (SSSR count). The Kier molecular flexibility index (Phi) is 25.8. The number of ether oxygens (including phenoxy) is 9. The van der Waals surface area contributed by atoms with E-state index in [0.29, 0.717) is 69.9 Å². The maximum Gasteiger partial charge on any atom is 0.330 e. The number of benzene rings is 2. The summed E-state index contributed by atoms with van der Waals surface area (Å²) < 4.78 is 49.4. The number of likely N-dealkylation sites (N-methyl/N-ethyl adjacent to an activating group) is 1. The molecule has 0 saturated carbocycles. The van der Waals surface area contributed by atoms with Crippen molar-refractivity contribution >= 4 is 41.3 Å². The highest BCUT2D eigenvalue weighted by molar-refractivity contribution is 6.03. The zero-order valence-electron chi connectivity index (χ0n) is 42.4. The Morgan fingerprint density at radius 2 is 1.07 bits per heavy atom. The Balaban J connectivity index is 1.22. The predicted octanol–water partition coefficient (Wildman–Crippen LogP) is 3.59. The quantitative estimate of drug-likeness (QED) is 0.0324. The van der Waals surface area contributed by atoms with E-state index in [4.69, 9.17) is 42.6 Å². The molecule has 2 aliphatic heterocycles. The van der Waals surface area contributed by atoms with Crippen LogP contribution < -0.4 is 4.90 Å². The summed E-state index contributed by atoms with van der Waals surface area (Å²) in [6.07, 6.45) is 4.37. The number of anilines is 1. The van der Waals surface area contributed by atoms with Gasteiger partial charge in [0.1, 0.15) is 26.4 Å². The first-order valence-corrected chi connectivity index (χ1v) is 24.4. The van der Waals surface area contributed by atoms with E-state index < -0.39 is 34.8 Å². The first-order valence-electron chi connectivity index (χ1n) is 24.4. The van der Waals surface area contributed by atoms with Gasteiger partial charge < -0.3 is 52.4 Å². The molecule has 1 unspecified atom stereocenters. The van der Waals surface area contributed by atoms with Crippen molar-refractivity contribution in [1.82, 2.24) is 14.7 Å². The topological polar surface area (TPSA) is 198 Å². The van der Waals surface area contributed by atoms with Gasteiger partial charge in [0.2, 0.25) is 0 Å². The summed E-state index contributed by atoms with van der Waals surface area (Å²) in [4.78, 5) is 83.3. The largest absolute Gasteiger partial charge is 0.463 e. The fourth-order valence-corrected chi connectivity index (χ4v) is 8.14. The van der Waals surface area contributed by atoms with Crippen molar-refractivity contribution in [3.8, 4) is 0 Å². The second-order valence-corrected chi connectivity index (χ2v) is 17.6. The molecule has 2 heterocycles. The zero-order chi connectivity index (χ0) is 52.2. The minimum absolute atomic E-state index is 0.0198. The minimum atomic E-state index is -0.947. The number of amides is 1. The lowest BCUT2D eigenvalue weighted by Crippen LogP contribution is -2.52. The van der Waals surface area contributed by atoms with Crippen LogP contribution in [-0.4, -0.2) is 208 Å². The number of Topliss-reactive ketones (excluding diaryl/α,β-unsaturated/α-hetero) is 1. The van der Waals surface area contributed by atoms with E-state index in [1.54, 1.807) is 0 Å². The molecule has 0 bridgehead atoms. The molecule has 19 heteroatoms. The highest BCUT2D eigenvalue weighted by Gasteiger charge is 2.40. The summed E-state index contributed by atoms with van der Waals surface area (Å²) in [5.74, 6) is -2.21. The molecular formula is C53H74N4O15. The van der Waals surface area contributed by atoms with Crippen molar-refractivity contribution in [2.45, 2.75) is 31.7 Å². The Labute approximate surface area is 423 Å². The molecule has 0 radical (unpaired) electrons. The number of rotatable bonds is 34. The third kappa shape index (κ3) is 19.3.